The van der Waals surface area contributed by atoms with Gasteiger partial charge in [0.05, 0.1) is 0 Å². The van der Waals surface area contributed by atoms with Crippen LogP contribution in [0.3, 0.4) is 0 Å². The Bertz CT molecular complexity index is 73.1. The summed E-state index contributed by atoms with van der Waals surface area (Å²) in [5.74, 6) is 0.979. The fourth-order valence-electron chi connectivity index (χ4n) is 1.75. The topological polar surface area (TPSA) is 12.0 Å². The fraction of sp³-hybridized carbons (Fsp3) is 1.00. The van der Waals surface area contributed by atoms with Crippen LogP contribution in [0, 0.1) is 5.92 Å². The second-order valence-electron chi connectivity index (χ2n) is 3.35. The molecule has 0 aromatic heterocycles. The molecule has 0 aromatic carbocycles. The maximum atomic E-state index is 3.48. The lowest BCUT2D eigenvalue weighted by Gasteiger charge is -2.11. The maximum absolute atomic E-state index is 3.48. The Morgan fingerprint density at radius 3 is 2.67 bits per heavy atom. The van der Waals surface area contributed by atoms with Crippen molar-refractivity contribution in [3.05, 3.63) is 0 Å². The van der Waals surface area contributed by atoms with Crippen molar-refractivity contribution in [2.45, 2.75) is 52.9 Å². The van der Waals surface area contributed by atoms with Crippen LogP contribution in [0.2, 0.25) is 0 Å². The van der Waals surface area contributed by atoms with E-state index >= 15 is 0 Å². The molecule has 1 heterocycles. The van der Waals surface area contributed by atoms with Gasteiger partial charge in [0.2, 0.25) is 0 Å². The minimum Gasteiger partial charge on any atom is -0.316 e. The summed E-state index contributed by atoms with van der Waals surface area (Å²) in [5.41, 5.74) is 0. The van der Waals surface area contributed by atoms with E-state index in [9.17, 15) is 0 Å². The minimum absolute atomic E-state index is 0.979. The van der Waals surface area contributed by atoms with E-state index in [2.05, 4.69) is 12.2 Å². The van der Waals surface area contributed by atoms with Crippen LogP contribution in [0.5, 0.6) is 0 Å². The molecule has 1 aliphatic rings. The summed E-state index contributed by atoms with van der Waals surface area (Å²) in [5, 5.41) is 3.48. The normalized spacial score (nSPS) is 23.8. The molecule has 1 atom stereocenters. The van der Waals surface area contributed by atoms with E-state index in [0.717, 1.165) is 5.92 Å². The summed E-state index contributed by atoms with van der Waals surface area (Å²) in [6.07, 6.45) is 7.07. The Kier molecular flexibility index (Phi) is 9.02. The van der Waals surface area contributed by atoms with E-state index in [1.54, 1.807) is 0 Å². The highest BCUT2D eigenvalue weighted by Gasteiger charge is 2.09. The molecule has 1 aliphatic heterocycles. The predicted octanol–water partition coefficient (Wildman–Crippen LogP) is 3.20. The monoisotopic (exact) mass is 171 g/mol. The molecule has 1 rings (SSSR count). The lowest BCUT2D eigenvalue weighted by Crippen LogP contribution is -2.20. The first-order valence-electron chi connectivity index (χ1n) is 5.64. The van der Waals surface area contributed by atoms with Crippen LogP contribution < -0.4 is 5.32 Å². The van der Waals surface area contributed by atoms with Gasteiger partial charge in [-0.1, -0.05) is 33.6 Å². The van der Waals surface area contributed by atoms with Crippen molar-refractivity contribution in [3.63, 3.8) is 0 Å². The summed E-state index contributed by atoms with van der Waals surface area (Å²) in [7, 11) is 0. The average molecular weight is 171 g/mol. The van der Waals surface area contributed by atoms with Crippen molar-refractivity contribution in [2.75, 3.05) is 13.1 Å². The Labute approximate surface area is 77.9 Å². The Hall–Kier alpha value is -0.0400. The van der Waals surface area contributed by atoms with E-state index in [0.29, 0.717) is 0 Å². The number of hydrogen-bond donors (Lipinski definition) is 1. The van der Waals surface area contributed by atoms with E-state index in [4.69, 9.17) is 0 Å². The Morgan fingerprint density at radius 2 is 2.00 bits per heavy atom. The van der Waals surface area contributed by atoms with Crippen molar-refractivity contribution in [3.8, 4) is 0 Å². The van der Waals surface area contributed by atoms with Crippen LogP contribution in [0.4, 0.5) is 0 Å². The van der Waals surface area contributed by atoms with Crippen molar-refractivity contribution >= 4 is 0 Å². The molecule has 1 nitrogen and oxygen atoms in total. The predicted molar refractivity (Wildman–Crippen MR) is 56.5 cm³/mol. The largest absolute Gasteiger partial charge is 0.316 e. The molecule has 0 spiro atoms. The van der Waals surface area contributed by atoms with Gasteiger partial charge in [-0.25, -0.2) is 0 Å². The van der Waals surface area contributed by atoms with Crippen LogP contribution in [0.25, 0.3) is 0 Å². The summed E-state index contributed by atoms with van der Waals surface area (Å²) >= 11 is 0. The zero-order valence-electron chi connectivity index (χ0n) is 9.03. The molecule has 0 bridgehead atoms. The molecule has 1 N–H and O–H groups in total. The van der Waals surface area contributed by atoms with Crippen molar-refractivity contribution in [2.24, 2.45) is 5.92 Å². The van der Waals surface area contributed by atoms with Gasteiger partial charge in [0.25, 0.3) is 0 Å². The third-order valence-corrected chi connectivity index (χ3v) is 2.35. The van der Waals surface area contributed by atoms with Gasteiger partial charge in [-0.3, -0.25) is 0 Å². The number of nitrogens with one attached hydrogen (secondary N) is 1. The Balaban J connectivity index is 0.000000561. The average Bonchev–Trinajstić information content (AvgIpc) is 2.37. The standard InChI is InChI=1S/C9H19N.C2H6/c1-2-5-9-6-3-4-7-10-8-9;1-2/h9-10H,2-8H2,1H3;1-2H3. The quantitative estimate of drug-likeness (QED) is 0.673. The van der Waals surface area contributed by atoms with Gasteiger partial charge in [0, 0.05) is 0 Å². The maximum Gasteiger partial charge on any atom is -0.00205 e. The van der Waals surface area contributed by atoms with E-state index in [1.807, 2.05) is 13.8 Å². The Morgan fingerprint density at radius 1 is 1.25 bits per heavy atom. The molecular formula is C11H25N. The van der Waals surface area contributed by atoms with Crippen LogP contribution >= 0.6 is 0 Å². The SMILES string of the molecule is CC.CCCC1CCCCNC1. The van der Waals surface area contributed by atoms with Crippen molar-refractivity contribution < 1.29 is 0 Å². The smallest absolute Gasteiger partial charge is 0.00205 e. The molecule has 74 valence electrons. The zero-order chi connectivity index (χ0) is 9.23. The zero-order valence-corrected chi connectivity index (χ0v) is 9.03. The second kappa shape index (κ2) is 9.05. The molecule has 0 amide bonds. The van der Waals surface area contributed by atoms with Gasteiger partial charge in [-0.15, -0.1) is 0 Å². The van der Waals surface area contributed by atoms with Crippen LogP contribution in [-0.4, -0.2) is 13.1 Å². The first kappa shape index (κ1) is 12.0. The molecule has 1 unspecified atom stereocenters. The fourth-order valence-corrected chi connectivity index (χ4v) is 1.75. The molecule has 1 saturated heterocycles. The number of rotatable bonds is 2. The minimum atomic E-state index is 0.979. The van der Waals surface area contributed by atoms with Crippen LogP contribution in [-0.2, 0) is 0 Å². The third-order valence-electron chi connectivity index (χ3n) is 2.35. The molecule has 0 radical (unpaired) electrons. The van der Waals surface area contributed by atoms with Gasteiger partial charge < -0.3 is 5.32 Å². The third kappa shape index (κ3) is 5.59. The first-order valence-corrected chi connectivity index (χ1v) is 5.64. The summed E-state index contributed by atoms with van der Waals surface area (Å²) < 4.78 is 0. The lowest BCUT2D eigenvalue weighted by atomic mass is 9.99. The second-order valence-corrected chi connectivity index (χ2v) is 3.35. The number of hydrogen-bond acceptors (Lipinski definition) is 1. The van der Waals surface area contributed by atoms with Gasteiger partial charge >= 0.3 is 0 Å². The van der Waals surface area contributed by atoms with Gasteiger partial charge in [0.1, 0.15) is 0 Å². The highest BCUT2D eigenvalue weighted by Crippen LogP contribution is 2.15. The highest BCUT2D eigenvalue weighted by atomic mass is 14.9. The van der Waals surface area contributed by atoms with Gasteiger partial charge in [0.15, 0.2) is 0 Å². The van der Waals surface area contributed by atoms with E-state index in [-0.39, 0.29) is 0 Å². The summed E-state index contributed by atoms with van der Waals surface area (Å²) in [6.45, 7) is 8.80. The molecule has 12 heavy (non-hydrogen) atoms. The van der Waals surface area contributed by atoms with E-state index in [1.165, 1.54) is 45.2 Å². The summed E-state index contributed by atoms with van der Waals surface area (Å²) in [4.78, 5) is 0. The molecule has 0 aliphatic carbocycles. The van der Waals surface area contributed by atoms with Gasteiger partial charge in [-0.05, 0) is 38.3 Å². The van der Waals surface area contributed by atoms with Crippen molar-refractivity contribution in [1.82, 2.24) is 5.32 Å². The van der Waals surface area contributed by atoms with Crippen molar-refractivity contribution in [1.29, 1.82) is 0 Å². The van der Waals surface area contributed by atoms with Crippen LogP contribution in [0.1, 0.15) is 52.9 Å². The molecule has 1 heteroatoms. The summed E-state index contributed by atoms with van der Waals surface area (Å²) in [6, 6.07) is 0. The van der Waals surface area contributed by atoms with Gasteiger partial charge in [-0.2, -0.15) is 0 Å². The molecular weight excluding hydrogens is 146 g/mol. The van der Waals surface area contributed by atoms with E-state index < -0.39 is 0 Å². The molecule has 0 saturated carbocycles. The first-order chi connectivity index (χ1) is 5.93. The molecule has 1 fully saturated rings. The lowest BCUT2D eigenvalue weighted by molar-refractivity contribution is 0.442. The highest BCUT2D eigenvalue weighted by molar-refractivity contribution is 4.66. The van der Waals surface area contributed by atoms with Crippen LogP contribution in [0.15, 0.2) is 0 Å². The molecule has 0 aromatic rings.